The summed E-state index contributed by atoms with van der Waals surface area (Å²) in [4.78, 5) is 5.30. The lowest BCUT2D eigenvalue weighted by atomic mass is 10.0. The van der Waals surface area contributed by atoms with Crippen LogP contribution in [-0.2, 0) is 0 Å². The van der Waals surface area contributed by atoms with Gasteiger partial charge in [0.25, 0.3) is 0 Å². The Hall–Kier alpha value is -4.78. The van der Waals surface area contributed by atoms with Crippen molar-refractivity contribution in [3.63, 3.8) is 0 Å². The second-order valence-corrected chi connectivity index (χ2v) is 13.5. The standard InChI is InChI=1S/C39H33N2P/c1-30-27-31(2)29-33(28-30)40-39(32-17-7-3-8-18-32)37-25-15-16-26-38(37)41-42(34-19-9-4-10-20-34,35-21-11-5-12-22-35)36-23-13-6-14-24-36/h3-29H,1-2H3. The number of hydrogen-bond acceptors (Lipinski definition) is 2. The molecule has 0 fully saturated rings. The third-order valence-electron chi connectivity index (χ3n) is 7.30. The summed E-state index contributed by atoms with van der Waals surface area (Å²) in [6.07, 6.45) is 0. The van der Waals surface area contributed by atoms with Crippen LogP contribution in [0.5, 0.6) is 0 Å². The van der Waals surface area contributed by atoms with Crippen molar-refractivity contribution >= 4 is 40.1 Å². The number of hydrogen-bond donors (Lipinski definition) is 0. The van der Waals surface area contributed by atoms with Crippen LogP contribution in [0.4, 0.5) is 11.4 Å². The van der Waals surface area contributed by atoms with E-state index < -0.39 is 7.05 Å². The van der Waals surface area contributed by atoms with Crippen molar-refractivity contribution in [3.05, 3.63) is 186 Å². The van der Waals surface area contributed by atoms with Gasteiger partial charge in [0.05, 0.1) is 24.1 Å². The zero-order valence-corrected chi connectivity index (χ0v) is 24.8. The highest BCUT2D eigenvalue weighted by Gasteiger charge is 2.28. The van der Waals surface area contributed by atoms with E-state index in [1.807, 2.05) is 6.07 Å². The monoisotopic (exact) mass is 560 g/mol. The van der Waals surface area contributed by atoms with Gasteiger partial charge in [-0.3, -0.25) is 4.74 Å². The largest absolute Gasteiger partial charge is 0.253 e. The van der Waals surface area contributed by atoms with Gasteiger partial charge >= 0.3 is 0 Å². The lowest BCUT2D eigenvalue weighted by Crippen LogP contribution is -2.25. The zero-order chi connectivity index (χ0) is 28.8. The highest BCUT2D eigenvalue weighted by Crippen LogP contribution is 2.50. The summed E-state index contributed by atoms with van der Waals surface area (Å²) >= 11 is 0. The molecule has 0 atom stereocenters. The van der Waals surface area contributed by atoms with E-state index in [4.69, 9.17) is 9.74 Å². The minimum absolute atomic E-state index is 0.909. The van der Waals surface area contributed by atoms with Gasteiger partial charge in [0.2, 0.25) is 0 Å². The van der Waals surface area contributed by atoms with Gasteiger partial charge in [0.15, 0.2) is 0 Å². The van der Waals surface area contributed by atoms with Gasteiger partial charge in [-0.2, -0.15) is 0 Å². The fourth-order valence-electron chi connectivity index (χ4n) is 5.49. The van der Waals surface area contributed by atoms with Crippen molar-refractivity contribution in [2.45, 2.75) is 13.8 Å². The molecular formula is C39H33N2P. The second-order valence-electron chi connectivity index (χ2n) is 10.4. The number of nitrogens with zero attached hydrogens (tertiary/aromatic N) is 2. The molecule has 0 N–H and O–H groups in total. The highest BCUT2D eigenvalue weighted by molar-refractivity contribution is 7.87. The van der Waals surface area contributed by atoms with Crippen molar-refractivity contribution in [2.75, 3.05) is 0 Å². The molecular weight excluding hydrogens is 527 g/mol. The first-order valence-corrected chi connectivity index (χ1v) is 16.0. The van der Waals surface area contributed by atoms with Crippen LogP contribution in [0.2, 0.25) is 0 Å². The first-order valence-electron chi connectivity index (χ1n) is 14.2. The van der Waals surface area contributed by atoms with E-state index >= 15 is 0 Å². The average Bonchev–Trinajstić information content (AvgIpc) is 3.04. The van der Waals surface area contributed by atoms with Gasteiger partial charge in [-0.05, 0) is 43.2 Å². The van der Waals surface area contributed by atoms with Crippen LogP contribution in [0.25, 0.3) is 0 Å². The van der Waals surface area contributed by atoms with E-state index in [9.17, 15) is 0 Å². The molecule has 0 saturated carbocycles. The molecule has 2 nitrogen and oxygen atoms in total. The molecule has 3 heteroatoms. The molecule has 0 unspecified atom stereocenters. The molecule has 0 radical (unpaired) electrons. The molecule has 0 bridgehead atoms. The van der Waals surface area contributed by atoms with Crippen LogP contribution in [-0.4, -0.2) is 5.71 Å². The van der Waals surface area contributed by atoms with Crippen molar-refractivity contribution in [1.82, 2.24) is 0 Å². The van der Waals surface area contributed by atoms with Crippen molar-refractivity contribution in [2.24, 2.45) is 9.74 Å². The predicted octanol–water partition coefficient (Wildman–Crippen LogP) is 9.28. The Morgan fingerprint density at radius 1 is 0.476 bits per heavy atom. The minimum atomic E-state index is -2.46. The van der Waals surface area contributed by atoms with Crippen LogP contribution in [0, 0.1) is 13.8 Å². The Morgan fingerprint density at radius 3 is 1.40 bits per heavy atom. The average molecular weight is 561 g/mol. The molecule has 0 heterocycles. The van der Waals surface area contributed by atoms with E-state index in [-0.39, 0.29) is 0 Å². The molecule has 0 aromatic heterocycles. The van der Waals surface area contributed by atoms with Gasteiger partial charge in [-0.15, -0.1) is 0 Å². The third kappa shape index (κ3) is 5.68. The summed E-state index contributed by atoms with van der Waals surface area (Å²) in [7, 11) is -2.46. The molecule has 204 valence electrons. The molecule has 0 saturated heterocycles. The summed E-state index contributed by atoms with van der Waals surface area (Å²) in [5, 5.41) is 3.64. The number of aliphatic imine (C=N–C) groups is 1. The Morgan fingerprint density at radius 2 is 0.905 bits per heavy atom. The van der Waals surface area contributed by atoms with Gasteiger partial charge in [-0.25, -0.2) is 4.99 Å². The maximum absolute atomic E-state index is 5.85. The van der Waals surface area contributed by atoms with E-state index in [0.29, 0.717) is 0 Å². The molecule has 0 amide bonds. The Balaban J connectivity index is 1.70. The maximum atomic E-state index is 5.85. The topological polar surface area (TPSA) is 24.7 Å². The lowest BCUT2D eigenvalue weighted by molar-refractivity contribution is 1.35. The number of benzene rings is 6. The molecule has 6 rings (SSSR count). The number of aryl methyl sites for hydroxylation is 2. The second kappa shape index (κ2) is 12.4. The first kappa shape index (κ1) is 27.4. The maximum Gasteiger partial charge on any atom is 0.0803 e. The van der Waals surface area contributed by atoms with E-state index in [0.717, 1.165) is 28.2 Å². The van der Waals surface area contributed by atoms with Crippen LogP contribution < -0.4 is 15.9 Å². The molecule has 0 spiro atoms. The molecule has 0 aliphatic heterocycles. The van der Waals surface area contributed by atoms with Crippen molar-refractivity contribution in [1.29, 1.82) is 0 Å². The van der Waals surface area contributed by atoms with Crippen LogP contribution in [0.3, 0.4) is 0 Å². The van der Waals surface area contributed by atoms with Gasteiger partial charge in [0, 0.05) is 27.0 Å². The zero-order valence-electron chi connectivity index (χ0n) is 23.9. The van der Waals surface area contributed by atoms with Gasteiger partial charge < -0.3 is 0 Å². The summed E-state index contributed by atoms with van der Waals surface area (Å²) < 4.78 is 5.85. The summed E-state index contributed by atoms with van der Waals surface area (Å²) in [5.74, 6) is 0. The highest BCUT2D eigenvalue weighted by atomic mass is 31.2. The SMILES string of the molecule is Cc1cc(C)cc(N=C(c2ccccc2)c2ccccc2N=P(c2ccccc2)(c2ccccc2)c2ccccc2)c1. The Labute approximate surface area is 249 Å². The van der Waals surface area contributed by atoms with E-state index in [1.165, 1.54) is 27.0 Å². The van der Waals surface area contributed by atoms with E-state index in [2.05, 4.69) is 172 Å². The summed E-state index contributed by atoms with van der Waals surface area (Å²) in [5.41, 5.74) is 7.23. The Bertz CT molecular complexity index is 1750. The van der Waals surface area contributed by atoms with E-state index in [1.54, 1.807) is 0 Å². The quantitative estimate of drug-likeness (QED) is 0.137. The molecule has 0 aliphatic rings. The van der Waals surface area contributed by atoms with Crippen molar-refractivity contribution in [3.8, 4) is 0 Å². The first-order chi connectivity index (χ1) is 20.6. The van der Waals surface area contributed by atoms with Gasteiger partial charge in [0.1, 0.15) is 0 Å². The number of rotatable bonds is 7. The predicted molar refractivity (Wildman–Crippen MR) is 181 cm³/mol. The smallest absolute Gasteiger partial charge is 0.0803 e. The minimum Gasteiger partial charge on any atom is -0.253 e. The fraction of sp³-hybridized carbons (Fsp3) is 0.0513. The molecule has 6 aromatic rings. The lowest BCUT2D eigenvalue weighted by Gasteiger charge is -2.27. The normalized spacial score (nSPS) is 11.7. The summed E-state index contributed by atoms with van der Waals surface area (Å²) in [6.45, 7) is 4.24. The molecule has 6 aromatic carbocycles. The van der Waals surface area contributed by atoms with Crippen molar-refractivity contribution < 1.29 is 0 Å². The molecule has 42 heavy (non-hydrogen) atoms. The van der Waals surface area contributed by atoms with Gasteiger partial charge in [-0.1, -0.05) is 146 Å². The van der Waals surface area contributed by atoms with Crippen LogP contribution in [0.1, 0.15) is 22.3 Å². The molecule has 0 aliphatic carbocycles. The third-order valence-corrected chi connectivity index (χ3v) is 11.0. The summed E-state index contributed by atoms with van der Waals surface area (Å²) in [6, 6.07) is 57.7. The van der Waals surface area contributed by atoms with Crippen LogP contribution >= 0.6 is 7.05 Å². The fourth-order valence-corrected chi connectivity index (χ4v) is 9.04. The Kier molecular flexibility index (Phi) is 8.08. The van der Waals surface area contributed by atoms with Crippen LogP contribution in [0.15, 0.2) is 174 Å².